The van der Waals surface area contributed by atoms with Gasteiger partial charge in [0.05, 0.1) is 0 Å². The molecule has 0 spiro atoms. The SMILES string of the molecule is CC1=C2c3c(ccc(c3-c3ccc(C)cc3)[Si]2(C)C)C1. The minimum Gasteiger partial charge on any atom is -0.0686 e. The minimum atomic E-state index is -1.47. The average Bonchev–Trinajstić information content (AvgIpc) is 2.82. The van der Waals surface area contributed by atoms with E-state index in [1.54, 1.807) is 32.6 Å². The van der Waals surface area contributed by atoms with E-state index in [2.05, 4.69) is 63.3 Å². The third kappa shape index (κ3) is 1.36. The van der Waals surface area contributed by atoms with E-state index < -0.39 is 8.07 Å². The molecule has 0 nitrogen and oxygen atoms in total. The van der Waals surface area contributed by atoms with E-state index in [1.165, 1.54) is 17.5 Å². The lowest BCUT2D eigenvalue weighted by Crippen LogP contribution is -2.39. The highest BCUT2D eigenvalue weighted by Crippen LogP contribution is 2.48. The summed E-state index contributed by atoms with van der Waals surface area (Å²) in [5.74, 6) is 0. The van der Waals surface area contributed by atoms with Crippen molar-refractivity contribution in [3.05, 3.63) is 58.7 Å². The first-order valence-corrected chi connectivity index (χ1v) is 10.4. The van der Waals surface area contributed by atoms with Gasteiger partial charge in [0.2, 0.25) is 0 Å². The summed E-state index contributed by atoms with van der Waals surface area (Å²) >= 11 is 0. The van der Waals surface area contributed by atoms with Crippen molar-refractivity contribution in [1.82, 2.24) is 0 Å². The highest BCUT2D eigenvalue weighted by Gasteiger charge is 2.44. The lowest BCUT2D eigenvalue weighted by molar-refractivity contribution is 1.19. The summed E-state index contributed by atoms with van der Waals surface area (Å²) < 4.78 is 0. The van der Waals surface area contributed by atoms with Crippen LogP contribution in [0.1, 0.15) is 23.6 Å². The van der Waals surface area contributed by atoms with Crippen LogP contribution in [0.2, 0.25) is 13.1 Å². The Morgan fingerprint density at radius 3 is 2.25 bits per heavy atom. The molecule has 0 N–H and O–H groups in total. The molecule has 100 valence electrons. The number of rotatable bonds is 1. The van der Waals surface area contributed by atoms with Crippen LogP contribution in [0.5, 0.6) is 0 Å². The highest BCUT2D eigenvalue weighted by molar-refractivity contribution is 7.07. The predicted molar refractivity (Wildman–Crippen MR) is 90.0 cm³/mol. The maximum Gasteiger partial charge on any atom is 0.113 e. The van der Waals surface area contributed by atoms with Crippen molar-refractivity contribution in [3.63, 3.8) is 0 Å². The van der Waals surface area contributed by atoms with Crippen molar-refractivity contribution < 1.29 is 0 Å². The van der Waals surface area contributed by atoms with Crippen LogP contribution >= 0.6 is 0 Å². The second-order valence-electron chi connectivity index (χ2n) is 6.85. The van der Waals surface area contributed by atoms with Crippen molar-refractivity contribution in [2.24, 2.45) is 0 Å². The van der Waals surface area contributed by atoms with Gasteiger partial charge in [-0.15, -0.1) is 0 Å². The van der Waals surface area contributed by atoms with Crippen LogP contribution in [0, 0.1) is 6.92 Å². The number of fused-ring (bicyclic) bond motifs is 1. The molecule has 0 fully saturated rings. The zero-order valence-electron chi connectivity index (χ0n) is 12.7. The largest absolute Gasteiger partial charge is 0.113 e. The molecule has 20 heavy (non-hydrogen) atoms. The molecule has 2 aromatic carbocycles. The van der Waals surface area contributed by atoms with Gasteiger partial charge < -0.3 is 0 Å². The van der Waals surface area contributed by atoms with E-state index in [4.69, 9.17) is 0 Å². The highest BCUT2D eigenvalue weighted by atomic mass is 28.3. The number of hydrogen-bond acceptors (Lipinski definition) is 0. The first-order valence-electron chi connectivity index (χ1n) is 7.44. The summed E-state index contributed by atoms with van der Waals surface area (Å²) in [4.78, 5) is 0. The zero-order chi connectivity index (χ0) is 14.1. The van der Waals surface area contributed by atoms with Crippen LogP contribution in [0.3, 0.4) is 0 Å². The van der Waals surface area contributed by atoms with Crippen LogP contribution in [0.25, 0.3) is 16.3 Å². The van der Waals surface area contributed by atoms with Crippen molar-refractivity contribution in [2.75, 3.05) is 0 Å². The zero-order valence-corrected chi connectivity index (χ0v) is 13.7. The quantitative estimate of drug-likeness (QED) is 0.675. The maximum absolute atomic E-state index is 2.51. The molecule has 0 radical (unpaired) electrons. The van der Waals surface area contributed by atoms with Crippen molar-refractivity contribution in [2.45, 2.75) is 33.4 Å². The lowest BCUT2D eigenvalue weighted by atomic mass is 9.96. The van der Waals surface area contributed by atoms with E-state index in [0.29, 0.717) is 0 Å². The molecule has 4 rings (SSSR count). The third-order valence-corrected chi connectivity index (χ3v) is 8.75. The molecule has 1 aliphatic carbocycles. The second-order valence-corrected chi connectivity index (χ2v) is 11.1. The summed E-state index contributed by atoms with van der Waals surface area (Å²) in [7, 11) is -1.47. The molecule has 0 unspecified atom stereocenters. The van der Waals surface area contributed by atoms with Gasteiger partial charge in [-0.1, -0.05) is 60.6 Å². The molecule has 0 saturated heterocycles. The summed E-state index contributed by atoms with van der Waals surface area (Å²) in [5, 5.41) is 3.36. The van der Waals surface area contributed by atoms with Gasteiger partial charge >= 0.3 is 0 Å². The Bertz CT molecular complexity index is 761. The van der Waals surface area contributed by atoms with Gasteiger partial charge in [-0.05, 0) is 52.9 Å². The Morgan fingerprint density at radius 2 is 1.55 bits per heavy atom. The molecule has 0 amide bonds. The Kier molecular flexibility index (Phi) is 2.27. The predicted octanol–water partition coefficient (Wildman–Crippen LogP) is 4.46. The van der Waals surface area contributed by atoms with E-state index >= 15 is 0 Å². The first kappa shape index (κ1) is 12.2. The van der Waals surface area contributed by atoms with Gasteiger partial charge in [0, 0.05) is 0 Å². The number of benzene rings is 2. The van der Waals surface area contributed by atoms with E-state index in [-0.39, 0.29) is 0 Å². The molecule has 2 aliphatic rings. The van der Waals surface area contributed by atoms with E-state index in [0.717, 1.165) is 0 Å². The van der Waals surface area contributed by atoms with Gasteiger partial charge in [-0.3, -0.25) is 0 Å². The fourth-order valence-corrected chi connectivity index (χ4v) is 7.92. The molecule has 2 bridgehead atoms. The van der Waals surface area contributed by atoms with Crippen LogP contribution < -0.4 is 5.19 Å². The molecule has 1 heterocycles. The molecule has 0 atom stereocenters. The standard InChI is InChI=1S/C19H20Si/c1-12-5-7-14(8-6-12)17-16-10-9-15-11-13(2)19(18(15)17)20(16,3)4/h5-10H,11H2,1-4H3. The summed E-state index contributed by atoms with van der Waals surface area (Å²) in [6, 6.07) is 13.9. The van der Waals surface area contributed by atoms with Crippen LogP contribution in [0.15, 0.2) is 42.0 Å². The molecule has 0 aromatic heterocycles. The Labute approximate surface area is 122 Å². The lowest BCUT2D eigenvalue weighted by Gasteiger charge is -2.20. The number of hydrogen-bond donors (Lipinski definition) is 0. The van der Waals surface area contributed by atoms with Crippen molar-refractivity contribution >= 4 is 18.5 Å². The monoisotopic (exact) mass is 276 g/mol. The third-order valence-electron chi connectivity index (χ3n) is 5.06. The van der Waals surface area contributed by atoms with Gasteiger partial charge in [0.15, 0.2) is 0 Å². The summed E-state index contributed by atoms with van der Waals surface area (Å²) in [6.07, 6.45) is 1.17. The first-order chi connectivity index (χ1) is 9.50. The maximum atomic E-state index is 2.51. The van der Waals surface area contributed by atoms with Gasteiger partial charge in [-0.25, -0.2) is 0 Å². The fourth-order valence-electron chi connectivity index (χ4n) is 4.19. The second kappa shape index (κ2) is 3.73. The van der Waals surface area contributed by atoms with Crippen LogP contribution in [0.4, 0.5) is 0 Å². The van der Waals surface area contributed by atoms with Gasteiger partial charge in [-0.2, -0.15) is 0 Å². The number of aryl methyl sites for hydroxylation is 1. The molecule has 2 aromatic rings. The van der Waals surface area contributed by atoms with Crippen molar-refractivity contribution in [3.8, 4) is 11.1 Å². The Morgan fingerprint density at radius 1 is 0.850 bits per heavy atom. The van der Waals surface area contributed by atoms with Crippen molar-refractivity contribution in [1.29, 1.82) is 0 Å². The Hall–Kier alpha value is -1.60. The molecular formula is C19H20Si. The van der Waals surface area contributed by atoms with E-state index in [1.807, 2.05) is 0 Å². The summed E-state index contributed by atoms with van der Waals surface area (Å²) in [6.45, 7) is 9.53. The normalized spacial score (nSPS) is 18.0. The molecule has 1 heteroatoms. The van der Waals surface area contributed by atoms with Gasteiger partial charge in [0.1, 0.15) is 8.07 Å². The van der Waals surface area contributed by atoms with Gasteiger partial charge in [0.25, 0.3) is 0 Å². The smallest absolute Gasteiger partial charge is 0.0686 e. The average molecular weight is 276 g/mol. The summed E-state index contributed by atoms with van der Waals surface area (Å²) in [5.41, 5.74) is 9.07. The molecule has 0 saturated carbocycles. The topological polar surface area (TPSA) is 0 Å². The Balaban J connectivity index is 2.07. The number of allylic oxidation sites excluding steroid dienone is 1. The van der Waals surface area contributed by atoms with E-state index in [9.17, 15) is 0 Å². The van der Waals surface area contributed by atoms with Crippen LogP contribution in [-0.2, 0) is 6.42 Å². The molecule has 1 aliphatic heterocycles. The van der Waals surface area contributed by atoms with Crippen LogP contribution in [-0.4, -0.2) is 8.07 Å². The fraction of sp³-hybridized carbons (Fsp3) is 0.263. The molecular weight excluding hydrogens is 256 g/mol. The minimum absolute atomic E-state index is 1.17.